The van der Waals surface area contributed by atoms with Crippen LogP contribution in [0.1, 0.15) is 5.56 Å². The number of carbonyl (C=O) groups excluding carboxylic acids is 1. The molecule has 8 heteroatoms. The largest absolute Gasteiger partial charge is 0.495 e. The van der Waals surface area contributed by atoms with Gasteiger partial charge in [0.15, 0.2) is 0 Å². The molecule has 2 aromatic rings. The smallest absolute Gasteiger partial charge is 0.248 e. The quantitative estimate of drug-likeness (QED) is 0.785. The first-order valence-electron chi connectivity index (χ1n) is 7.59. The number of hydrogen-bond acceptors (Lipinski definition) is 4. The molecule has 0 unspecified atom stereocenters. The van der Waals surface area contributed by atoms with E-state index in [2.05, 4.69) is 5.32 Å². The number of anilines is 1. The number of rotatable bonds is 6. The predicted molar refractivity (Wildman–Crippen MR) is 97.9 cm³/mol. The van der Waals surface area contributed by atoms with E-state index in [0.717, 1.165) is 4.31 Å². The van der Waals surface area contributed by atoms with Gasteiger partial charge in [-0.25, -0.2) is 17.1 Å². The number of nitrogens with zero attached hydrogens (tertiary/aromatic N) is 1. The van der Waals surface area contributed by atoms with E-state index in [9.17, 15) is 17.6 Å². The highest BCUT2D eigenvalue weighted by Gasteiger charge is 2.19. The second kappa shape index (κ2) is 8.11. The van der Waals surface area contributed by atoms with E-state index in [1.807, 2.05) is 0 Å². The molecule has 1 N–H and O–H groups in total. The molecule has 2 aromatic carbocycles. The van der Waals surface area contributed by atoms with Crippen LogP contribution in [0.25, 0.3) is 6.08 Å². The molecule has 0 atom stereocenters. The summed E-state index contributed by atoms with van der Waals surface area (Å²) in [6.07, 6.45) is 2.78. The lowest BCUT2D eigenvalue weighted by Crippen LogP contribution is -2.22. The second-order valence-electron chi connectivity index (χ2n) is 5.52. The molecular weight excluding hydrogens is 359 g/mol. The molecule has 0 heterocycles. The number of amides is 1. The maximum absolute atomic E-state index is 12.9. The van der Waals surface area contributed by atoms with Crippen LogP contribution in [0.4, 0.5) is 10.1 Å². The fraction of sp³-hybridized carbons (Fsp3) is 0.167. The third-order valence-electron chi connectivity index (χ3n) is 3.50. The van der Waals surface area contributed by atoms with Crippen LogP contribution in [0.2, 0.25) is 0 Å². The Hall–Kier alpha value is -2.71. The van der Waals surface area contributed by atoms with Crippen LogP contribution in [-0.2, 0) is 14.8 Å². The van der Waals surface area contributed by atoms with Gasteiger partial charge >= 0.3 is 0 Å². The van der Waals surface area contributed by atoms with Crippen LogP contribution < -0.4 is 10.1 Å². The number of hydrogen-bond donors (Lipinski definition) is 1. The Bertz CT molecular complexity index is 923. The van der Waals surface area contributed by atoms with Crippen molar-refractivity contribution in [2.75, 3.05) is 26.5 Å². The number of methoxy groups -OCH3 is 1. The maximum Gasteiger partial charge on any atom is 0.248 e. The van der Waals surface area contributed by atoms with Gasteiger partial charge in [0, 0.05) is 20.2 Å². The molecule has 6 nitrogen and oxygen atoms in total. The fourth-order valence-electron chi connectivity index (χ4n) is 2.08. The van der Waals surface area contributed by atoms with E-state index in [0.29, 0.717) is 11.3 Å². The first-order chi connectivity index (χ1) is 12.2. The molecule has 0 aliphatic heterocycles. The van der Waals surface area contributed by atoms with Crippen molar-refractivity contribution in [3.63, 3.8) is 0 Å². The Morgan fingerprint density at radius 1 is 1.15 bits per heavy atom. The van der Waals surface area contributed by atoms with Crippen LogP contribution in [0.15, 0.2) is 53.4 Å². The molecule has 0 aliphatic carbocycles. The Labute approximate surface area is 151 Å². The van der Waals surface area contributed by atoms with Crippen molar-refractivity contribution in [3.8, 4) is 5.75 Å². The van der Waals surface area contributed by atoms with Crippen LogP contribution in [0.3, 0.4) is 0 Å². The fourth-order valence-corrected chi connectivity index (χ4v) is 3.00. The van der Waals surface area contributed by atoms with Crippen LogP contribution in [0, 0.1) is 5.82 Å². The van der Waals surface area contributed by atoms with E-state index in [4.69, 9.17) is 4.74 Å². The summed E-state index contributed by atoms with van der Waals surface area (Å²) in [5.74, 6) is -0.520. The average Bonchev–Trinajstić information content (AvgIpc) is 2.61. The van der Waals surface area contributed by atoms with E-state index in [1.165, 1.54) is 75.8 Å². The third kappa shape index (κ3) is 4.68. The summed E-state index contributed by atoms with van der Waals surface area (Å²) in [4.78, 5) is 12.2. The Morgan fingerprint density at radius 2 is 1.81 bits per heavy atom. The highest BCUT2D eigenvalue weighted by molar-refractivity contribution is 7.89. The molecule has 0 fully saturated rings. The molecule has 0 radical (unpaired) electrons. The number of carbonyl (C=O) groups is 1. The van der Waals surface area contributed by atoms with Gasteiger partial charge < -0.3 is 10.1 Å². The molecule has 2 rings (SSSR count). The zero-order valence-electron chi connectivity index (χ0n) is 14.6. The molecule has 0 aliphatic rings. The van der Waals surface area contributed by atoms with E-state index < -0.39 is 15.9 Å². The summed E-state index contributed by atoms with van der Waals surface area (Å²) in [5.41, 5.74) is 0.877. The highest BCUT2D eigenvalue weighted by Crippen LogP contribution is 2.28. The lowest BCUT2D eigenvalue weighted by Gasteiger charge is -2.14. The SMILES string of the molecule is COc1ccc(S(=O)(=O)N(C)C)cc1NC(=O)/C=C/c1ccc(F)cc1. The first-order valence-corrected chi connectivity index (χ1v) is 9.03. The second-order valence-corrected chi connectivity index (χ2v) is 7.68. The molecule has 0 saturated carbocycles. The number of ether oxygens (including phenoxy) is 1. The van der Waals surface area contributed by atoms with Crippen molar-refractivity contribution in [1.29, 1.82) is 0 Å². The van der Waals surface area contributed by atoms with Crippen molar-refractivity contribution in [2.24, 2.45) is 0 Å². The molecule has 138 valence electrons. The van der Waals surface area contributed by atoms with Crippen molar-refractivity contribution in [3.05, 3.63) is 59.9 Å². The van der Waals surface area contributed by atoms with Crippen molar-refractivity contribution >= 4 is 27.7 Å². The van der Waals surface area contributed by atoms with Gasteiger partial charge in [-0.2, -0.15) is 0 Å². The minimum atomic E-state index is -3.65. The summed E-state index contributed by atoms with van der Waals surface area (Å²) in [6.45, 7) is 0. The Kier molecular flexibility index (Phi) is 6.12. The Balaban J connectivity index is 2.24. The molecule has 0 aromatic heterocycles. The number of sulfonamides is 1. The molecule has 26 heavy (non-hydrogen) atoms. The lowest BCUT2D eigenvalue weighted by molar-refractivity contribution is -0.111. The predicted octanol–water partition coefficient (Wildman–Crippen LogP) is 2.74. The van der Waals surface area contributed by atoms with E-state index in [-0.39, 0.29) is 16.4 Å². The average molecular weight is 378 g/mol. The van der Waals surface area contributed by atoms with E-state index in [1.54, 1.807) is 0 Å². The Morgan fingerprint density at radius 3 is 2.38 bits per heavy atom. The van der Waals surface area contributed by atoms with Gasteiger partial charge in [0.2, 0.25) is 15.9 Å². The summed E-state index contributed by atoms with van der Waals surface area (Å²) >= 11 is 0. The minimum Gasteiger partial charge on any atom is -0.495 e. The van der Waals surface area contributed by atoms with Crippen molar-refractivity contribution in [1.82, 2.24) is 4.31 Å². The van der Waals surface area contributed by atoms with Crippen molar-refractivity contribution in [2.45, 2.75) is 4.90 Å². The number of nitrogens with one attached hydrogen (secondary N) is 1. The van der Waals surface area contributed by atoms with Gasteiger partial charge in [0.05, 0.1) is 17.7 Å². The lowest BCUT2D eigenvalue weighted by atomic mass is 10.2. The van der Waals surface area contributed by atoms with Gasteiger partial charge in [-0.15, -0.1) is 0 Å². The van der Waals surface area contributed by atoms with Gasteiger partial charge in [-0.3, -0.25) is 4.79 Å². The molecule has 1 amide bonds. The number of halogens is 1. The van der Waals surface area contributed by atoms with Crippen molar-refractivity contribution < 1.29 is 22.3 Å². The normalized spacial score (nSPS) is 11.7. The van der Waals surface area contributed by atoms with Gasteiger partial charge in [0.1, 0.15) is 11.6 Å². The molecular formula is C18H19FN2O4S. The van der Waals surface area contributed by atoms with E-state index >= 15 is 0 Å². The topological polar surface area (TPSA) is 75.7 Å². The number of benzene rings is 2. The summed E-state index contributed by atoms with van der Waals surface area (Å²) < 4.78 is 43.6. The third-order valence-corrected chi connectivity index (χ3v) is 5.32. The zero-order chi connectivity index (χ0) is 19.3. The van der Waals surface area contributed by atoms with Gasteiger partial charge in [-0.05, 0) is 42.0 Å². The molecule has 0 saturated heterocycles. The minimum absolute atomic E-state index is 0.0288. The summed E-state index contributed by atoms with van der Waals surface area (Å²) in [7, 11) is 0.609. The van der Waals surface area contributed by atoms with Gasteiger partial charge in [-0.1, -0.05) is 12.1 Å². The first kappa shape index (κ1) is 19.6. The van der Waals surface area contributed by atoms with Crippen LogP contribution >= 0.6 is 0 Å². The molecule has 0 bridgehead atoms. The maximum atomic E-state index is 12.9. The van der Waals surface area contributed by atoms with Gasteiger partial charge in [0.25, 0.3) is 0 Å². The highest BCUT2D eigenvalue weighted by atomic mass is 32.2. The monoisotopic (exact) mass is 378 g/mol. The standard InChI is InChI=1S/C18H19FN2O4S/c1-21(2)26(23,24)15-9-10-17(25-3)16(12-15)20-18(22)11-6-13-4-7-14(19)8-5-13/h4-12H,1-3H3,(H,20,22)/b11-6+. The molecule has 0 spiro atoms. The van der Waals surface area contributed by atoms with Crippen LogP contribution in [-0.4, -0.2) is 39.8 Å². The zero-order valence-corrected chi connectivity index (χ0v) is 15.4. The summed E-state index contributed by atoms with van der Waals surface area (Å²) in [6, 6.07) is 9.84. The van der Waals surface area contributed by atoms with Crippen LogP contribution in [0.5, 0.6) is 5.75 Å². The summed E-state index contributed by atoms with van der Waals surface area (Å²) in [5, 5.41) is 2.59.